The minimum absolute atomic E-state index is 0.000815. The van der Waals surface area contributed by atoms with Gasteiger partial charge in [0.05, 0.1) is 17.5 Å². The molecule has 1 saturated carbocycles. The Labute approximate surface area is 194 Å². The van der Waals surface area contributed by atoms with Crippen LogP contribution >= 0.6 is 0 Å². The molecule has 2 aliphatic rings. The Morgan fingerprint density at radius 1 is 1.06 bits per heavy atom. The smallest absolute Gasteiger partial charge is 0.248 e. The number of rotatable bonds is 7. The number of nitrogens with two attached hydrogens (primary N) is 1. The van der Waals surface area contributed by atoms with Gasteiger partial charge in [-0.1, -0.05) is 49.2 Å². The summed E-state index contributed by atoms with van der Waals surface area (Å²) in [5, 5.41) is 16.0. The molecular weight excluding hydrogens is 416 g/mol. The van der Waals surface area contributed by atoms with Crippen LogP contribution < -0.4 is 16.4 Å². The molecule has 1 aliphatic carbocycles. The molecule has 2 atom stereocenters. The predicted molar refractivity (Wildman–Crippen MR) is 130 cm³/mol. The summed E-state index contributed by atoms with van der Waals surface area (Å²) in [6.45, 7) is 1.18. The molecule has 5 N–H and O–H groups in total. The van der Waals surface area contributed by atoms with Crippen molar-refractivity contribution >= 4 is 29.3 Å². The maximum absolute atomic E-state index is 13.2. The first-order valence-corrected chi connectivity index (χ1v) is 11.7. The van der Waals surface area contributed by atoms with E-state index in [1.54, 1.807) is 18.2 Å². The summed E-state index contributed by atoms with van der Waals surface area (Å²) in [6.07, 6.45) is 7.84. The van der Waals surface area contributed by atoms with Crippen molar-refractivity contribution < 1.29 is 14.7 Å². The molecule has 33 heavy (non-hydrogen) atoms. The number of carbonyl (C=O) groups is 2. The van der Waals surface area contributed by atoms with Crippen LogP contribution in [0.15, 0.2) is 54.6 Å². The topological polar surface area (TPSA) is 108 Å². The highest BCUT2D eigenvalue weighted by atomic mass is 16.3. The van der Waals surface area contributed by atoms with Crippen molar-refractivity contribution in [1.82, 2.24) is 10.2 Å². The first kappa shape index (κ1) is 23.0. The van der Waals surface area contributed by atoms with E-state index in [4.69, 9.17) is 5.73 Å². The zero-order valence-corrected chi connectivity index (χ0v) is 18.7. The van der Waals surface area contributed by atoms with Gasteiger partial charge in [-0.2, -0.15) is 0 Å². The molecule has 7 nitrogen and oxygen atoms in total. The van der Waals surface area contributed by atoms with E-state index in [0.29, 0.717) is 30.9 Å². The highest BCUT2D eigenvalue weighted by molar-refractivity contribution is 6.03. The highest BCUT2D eigenvalue weighted by Crippen LogP contribution is 2.28. The Hall–Kier alpha value is -3.16. The number of aliphatic hydroxyl groups excluding tert-OH is 1. The lowest BCUT2D eigenvalue weighted by molar-refractivity contribution is -0.127. The SMILES string of the molecule is Nc1ccccc1NC(=O)C=Cc1ccc(C(C(=O)NC2CCCC2)N2CC[C@H](O)C2)cc1. The van der Waals surface area contributed by atoms with Crippen LogP contribution in [-0.4, -0.2) is 47.1 Å². The molecule has 0 radical (unpaired) electrons. The van der Waals surface area contributed by atoms with Gasteiger partial charge in [-0.3, -0.25) is 14.5 Å². The molecule has 174 valence electrons. The number of likely N-dealkylation sites (tertiary alicyclic amines) is 1. The quantitative estimate of drug-likeness (QED) is 0.385. The van der Waals surface area contributed by atoms with E-state index in [9.17, 15) is 14.7 Å². The van der Waals surface area contributed by atoms with E-state index in [1.807, 2.05) is 36.4 Å². The average molecular weight is 449 g/mol. The van der Waals surface area contributed by atoms with Crippen LogP contribution in [0.2, 0.25) is 0 Å². The van der Waals surface area contributed by atoms with E-state index in [2.05, 4.69) is 15.5 Å². The van der Waals surface area contributed by atoms with Crippen molar-refractivity contribution in [2.45, 2.75) is 50.3 Å². The Morgan fingerprint density at radius 3 is 2.45 bits per heavy atom. The zero-order chi connectivity index (χ0) is 23.2. The molecule has 0 spiro atoms. The largest absolute Gasteiger partial charge is 0.397 e. The fourth-order valence-electron chi connectivity index (χ4n) is 4.63. The lowest BCUT2D eigenvalue weighted by atomic mass is 10.0. The molecule has 1 unspecified atom stereocenters. The van der Waals surface area contributed by atoms with Gasteiger partial charge in [0.2, 0.25) is 11.8 Å². The fraction of sp³-hybridized carbons (Fsp3) is 0.385. The van der Waals surface area contributed by atoms with E-state index in [1.165, 1.54) is 6.08 Å². The number of para-hydroxylation sites is 2. The predicted octanol–water partition coefficient (Wildman–Crippen LogP) is 3.09. The van der Waals surface area contributed by atoms with Crippen molar-refractivity contribution in [3.05, 3.63) is 65.7 Å². The average Bonchev–Trinajstić information content (AvgIpc) is 3.47. The standard InChI is InChI=1S/C26H32N4O3/c27-22-7-3-4-8-23(22)29-24(32)14-11-18-9-12-19(13-10-18)25(30-16-15-21(31)17-30)26(33)28-20-5-1-2-6-20/h3-4,7-14,20-21,25,31H,1-2,5-6,15-17,27H2,(H,28,33)(H,29,32)/t21-,25?/m0/s1. The zero-order valence-electron chi connectivity index (χ0n) is 18.7. The number of nitrogens with zero attached hydrogens (tertiary/aromatic N) is 1. The number of β-amino-alcohol motifs (C(OH)–C–C–N with tert-alkyl or cyclic N) is 1. The van der Waals surface area contributed by atoms with Gasteiger partial charge in [-0.25, -0.2) is 0 Å². The van der Waals surface area contributed by atoms with Gasteiger partial charge in [-0.15, -0.1) is 0 Å². The first-order valence-electron chi connectivity index (χ1n) is 11.7. The Bertz CT molecular complexity index is 999. The Balaban J connectivity index is 1.44. The lowest BCUT2D eigenvalue weighted by Crippen LogP contribution is -2.43. The minimum atomic E-state index is -0.426. The van der Waals surface area contributed by atoms with Crippen LogP contribution in [0.1, 0.15) is 49.3 Å². The highest BCUT2D eigenvalue weighted by Gasteiger charge is 2.34. The van der Waals surface area contributed by atoms with Crippen molar-refractivity contribution in [1.29, 1.82) is 0 Å². The summed E-state index contributed by atoms with van der Waals surface area (Å²) in [7, 11) is 0. The molecule has 2 fully saturated rings. The van der Waals surface area contributed by atoms with Gasteiger partial charge in [0.1, 0.15) is 6.04 Å². The van der Waals surface area contributed by atoms with Gasteiger partial charge in [0, 0.05) is 25.2 Å². The van der Waals surface area contributed by atoms with Crippen molar-refractivity contribution in [3.8, 4) is 0 Å². The Morgan fingerprint density at radius 2 is 1.79 bits per heavy atom. The molecule has 1 aliphatic heterocycles. The van der Waals surface area contributed by atoms with Crippen molar-refractivity contribution in [3.63, 3.8) is 0 Å². The van der Waals surface area contributed by atoms with E-state index in [-0.39, 0.29) is 17.9 Å². The molecule has 4 rings (SSSR count). The fourth-order valence-corrected chi connectivity index (χ4v) is 4.63. The van der Waals surface area contributed by atoms with E-state index in [0.717, 1.165) is 36.8 Å². The third-order valence-electron chi connectivity index (χ3n) is 6.41. The summed E-state index contributed by atoms with van der Waals surface area (Å²) >= 11 is 0. The molecule has 0 aromatic heterocycles. The lowest BCUT2D eigenvalue weighted by Gasteiger charge is -2.28. The second-order valence-electron chi connectivity index (χ2n) is 8.91. The van der Waals surface area contributed by atoms with Crippen molar-refractivity contribution in [2.75, 3.05) is 24.1 Å². The molecule has 2 aromatic carbocycles. The summed E-state index contributed by atoms with van der Waals surface area (Å²) in [6, 6.07) is 14.6. The van der Waals surface area contributed by atoms with Gasteiger partial charge < -0.3 is 21.5 Å². The number of benzene rings is 2. The van der Waals surface area contributed by atoms with Gasteiger partial charge in [-0.05, 0) is 48.6 Å². The third-order valence-corrected chi connectivity index (χ3v) is 6.41. The number of amides is 2. The Kier molecular flexibility index (Phi) is 7.42. The number of hydrogen-bond donors (Lipinski definition) is 4. The van der Waals surface area contributed by atoms with E-state index >= 15 is 0 Å². The first-order chi connectivity index (χ1) is 16.0. The van der Waals surface area contributed by atoms with Crippen LogP contribution in [0.4, 0.5) is 11.4 Å². The molecule has 0 bridgehead atoms. The normalized spacial score (nSPS) is 20.2. The van der Waals surface area contributed by atoms with Crippen molar-refractivity contribution in [2.24, 2.45) is 0 Å². The van der Waals surface area contributed by atoms with Gasteiger partial charge in [0.15, 0.2) is 0 Å². The van der Waals surface area contributed by atoms with Crippen LogP contribution in [0, 0.1) is 0 Å². The number of hydrogen-bond acceptors (Lipinski definition) is 5. The van der Waals surface area contributed by atoms with Crippen LogP contribution in [0.5, 0.6) is 0 Å². The number of nitrogens with one attached hydrogen (secondary N) is 2. The summed E-state index contributed by atoms with van der Waals surface area (Å²) in [4.78, 5) is 27.5. The molecule has 2 amide bonds. The minimum Gasteiger partial charge on any atom is -0.397 e. The number of carbonyl (C=O) groups excluding carboxylic acids is 2. The second kappa shape index (κ2) is 10.6. The maximum Gasteiger partial charge on any atom is 0.248 e. The summed E-state index contributed by atoms with van der Waals surface area (Å²) in [5.41, 5.74) is 8.69. The summed E-state index contributed by atoms with van der Waals surface area (Å²) in [5.74, 6) is -0.268. The van der Waals surface area contributed by atoms with Crippen LogP contribution in [0.25, 0.3) is 6.08 Å². The second-order valence-corrected chi connectivity index (χ2v) is 8.91. The molecular formula is C26H32N4O3. The number of nitrogen functional groups attached to an aromatic ring is 1. The number of aliphatic hydroxyl groups is 1. The van der Waals surface area contributed by atoms with Gasteiger partial charge in [0.25, 0.3) is 0 Å². The monoisotopic (exact) mass is 448 g/mol. The maximum atomic E-state index is 13.2. The molecule has 2 aromatic rings. The molecule has 1 heterocycles. The third kappa shape index (κ3) is 6.00. The van der Waals surface area contributed by atoms with Gasteiger partial charge >= 0.3 is 0 Å². The summed E-state index contributed by atoms with van der Waals surface area (Å²) < 4.78 is 0. The molecule has 1 saturated heterocycles. The number of anilines is 2. The van der Waals surface area contributed by atoms with E-state index < -0.39 is 12.1 Å². The molecule has 7 heteroatoms. The van der Waals surface area contributed by atoms with Crippen LogP contribution in [-0.2, 0) is 9.59 Å². The van der Waals surface area contributed by atoms with Crippen LogP contribution in [0.3, 0.4) is 0 Å².